The molecule has 154 valence electrons. The first-order chi connectivity index (χ1) is 14.3. The molecular weight excluding hydrogens is 437 g/mol. The molecule has 1 aliphatic heterocycles. The molecule has 1 saturated heterocycles. The van der Waals surface area contributed by atoms with Crippen LogP contribution in [-0.2, 0) is 4.79 Å². The molecule has 8 nitrogen and oxygen atoms in total. The minimum Gasteiger partial charge on any atom is -0.350 e. The van der Waals surface area contributed by atoms with Crippen molar-refractivity contribution >= 4 is 52.2 Å². The zero-order chi connectivity index (χ0) is 21.8. The first-order valence-corrected chi connectivity index (χ1v) is 9.69. The van der Waals surface area contributed by atoms with Gasteiger partial charge >= 0.3 is 0 Å². The number of hydrogen-bond acceptors (Lipinski definition) is 6. The van der Waals surface area contributed by atoms with Crippen molar-refractivity contribution in [2.45, 2.75) is 0 Å². The fraction of sp³-hybridized carbons (Fsp3) is 0.105. The standard InChI is InChI=1S/C19H13ClFN3O5S/c20-15-6-5-13(24(28)29)10-14(15)17(25)22-7-8-23-18(26)16(30-19(23)27)9-11-1-3-12(21)4-2-11/h1-6,9-10H,7-8H2,(H,22,25)/b16-9-. The summed E-state index contributed by atoms with van der Waals surface area (Å²) in [4.78, 5) is 48.2. The Labute approximate surface area is 178 Å². The Bertz CT molecular complexity index is 1070. The van der Waals surface area contributed by atoms with Gasteiger partial charge in [0, 0.05) is 25.2 Å². The lowest BCUT2D eigenvalue weighted by Gasteiger charge is -2.13. The Balaban J connectivity index is 1.62. The molecule has 0 radical (unpaired) electrons. The van der Waals surface area contributed by atoms with Gasteiger partial charge in [-0.15, -0.1) is 0 Å². The van der Waals surface area contributed by atoms with E-state index in [0.717, 1.165) is 22.7 Å². The van der Waals surface area contributed by atoms with E-state index < -0.39 is 27.8 Å². The Kier molecular flexibility index (Phi) is 6.48. The Morgan fingerprint density at radius 1 is 1.23 bits per heavy atom. The van der Waals surface area contributed by atoms with Crippen LogP contribution in [0.15, 0.2) is 47.4 Å². The van der Waals surface area contributed by atoms with Gasteiger partial charge in [0.25, 0.3) is 22.7 Å². The summed E-state index contributed by atoms with van der Waals surface area (Å²) in [5, 5.41) is 12.9. The zero-order valence-corrected chi connectivity index (χ0v) is 16.7. The van der Waals surface area contributed by atoms with Gasteiger partial charge in [0.2, 0.25) is 0 Å². The minimum absolute atomic E-state index is 0.0338. The molecular formula is C19H13ClFN3O5S. The Hall–Kier alpha value is -3.24. The Morgan fingerprint density at radius 3 is 2.60 bits per heavy atom. The van der Waals surface area contributed by atoms with Gasteiger partial charge in [-0.2, -0.15) is 0 Å². The van der Waals surface area contributed by atoms with Gasteiger partial charge in [0.1, 0.15) is 5.82 Å². The summed E-state index contributed by atoms with van der Waals surface area (Å²) in [7, 11) is 0. The number of nitrogens with one attached hydrogen (secondary N) is 1. The molecule has 0 aliphatic carbocycles. The van der Waals surface area contributed by atoms with Crippen LogP contribution < -0.4 is 5.32 Å². The van der Waals surface area contributed by atoms with Crippen molar-refractivity contribution in [1.29, 1.82) is 0 Å². The molecule has 0 saturated carbocycles. The molecule has 0 bridgehead atoms. The van der Waals surface area contributed by atoms with Gasteiger partial charge in [-0.3, -0.25) is 29.4 Å². The highest BCUT2D eigenvalue weighted by Gasteiger charge is 2.34. The lowest BCUT2D eigenvalue weighted by molar-refractivity contribution is -0.384. The fourth-order valence-electron chi connectivity index (χ4n) is 2.58. The molecule has 1 aliphatic rings. The number of benzene rings is 2. The van der Waals surface area contributed by atoms with Gasteiger partial charge in [-0.1, -0.05) is 23.7 Å². The molecule has 1 heterocycles. The van der Waals surface area contributed by atoms with E-state index in [1.54, 1.807) is 0 Å². The first kappa shape index (κ1) is 21.5. The fourth-order valence-corrected chi connectivity index (χ4v) is 3.65. The van der Waals surface area contributed by atoms with Crippen molar-refractivity contribution in [2.24, 2.45) is 0 Å². The molecule has 2 aromatic rings. The van der Waals surface area contributed by atoms with Crippen LogP contribution >= 0.6 is 23.4 Å². The van der Waals surface area contributed by atoms with E-state index in [-0.39, 0.29) is 34.3 Å². The van der Waals surface area contributed by atoms with Crippen LogP contribution in [0.25, 0.3) is 6.08 Å². The average Bonchev–Trinajstić information content (AvgIpc) is 2.97. The summed E-state index contributed by atoms with van der Waals surface area (Å²) in [6, 6.07) is 8.90. The van der Waals surface area contributed by atoms with Crippen molar-refractivity contribution in [3.63, 3.8) is 0 Å². The molecule has 3 amide bonds. The van der Waals surface area contributed by atoms with E-state index in [2.05, 4.69) is 5.32 Å². The summed E-state index contributed by atoms with van der Waals surface area (Å²) in [5.41, 5.74) is 0.188. The molecule has 0 aromatic heterocycles. The van der Waals surface area contributed by atoms with Crippen LogP contribution in [0.3, 0.4) is 0 Å². The highest BCUT2D eigenvalue weighted by molar-refractivity contribution is 8.18. The second-order valence-corrected chi connectivity index (χ2v) is 7.46. The third-order valence-electron chi connectivity index (χ3n) is 4.07. The van der Waals surface area contributed by atoms with Gasteiger partial charge in [-0.25, -0.2) is 4.39 Å². The SMILES string of the molecule is O=C(NCCN1C(=O)S/C(=C\c2ccc(F)cc2)C1=O)c1cc([N+](=O)[O-])ccc1Cl. The summed E-state index contributed by atoms with van der Waals surface area (Å²) >= 11 is 6.66. The number of carbonyl (C=O) groups is 3. The number of hydrogen-bond donors (Lipinski definition) is 1. The first-order valence-electron chi connectivity index (χ1n) is 8.49. The maximum atomic E-state index is 13.0. The second kappa shape index (κ2) is 9.06. The quantitative estimate of drug-likeness (QED) is 0.407. The van der Waals surface area contributed by atoms with Gasteiger partial charge < -0.3 is 5.32 Å². The lowest BCUT2D eigenvalue weighted by Crippen LogP contribution is -2.37. The summed E-state index contributed by atoms with van der Waals surface area (Å²) in [6.45, 7) is -0.163. The van der Waals surface area contributed by atoms with E-state index in [9.17, 15) is 28.9 Å². The molecule has 3 rings (SSSR count). The number of imide groups is 1. The highest BCUT2D eigenvalue weighted by Crippen LogP contribution is 2.32. The van der Waals surface area contributed by atoms with Crippen LogP contribution in [0.1, 0.15) is 15.9 Å². The molecule has 1 fully saturated rings. The van der Waals surface area contributed by atoms with Crippen molar-refractivity contribution < 1.29 is 23.7 Å². The topological polar surface area (TPSA) is 110 Å². The van der Waals surface area contributed by atoms with Crippen LogP contribution in [-0.4, -0.2) is 40.0 Å². The number of nitro benzene ring substituents is 1. The van der Waals surface area contributed by atoms with E-state index in [1.165, 1.54) is 42.5 Å². The summed E-state index contributed by atoms with van der Waals surface area (Å²) < 4.78 is 13.0. The van der Waals surface area contributed by atoms with E-state index >= 15 is 0 Å². The average molecular weight is 450 g/mol. The number of amides is 3. The largest absolute Gasteiger partial charge is 0.350 e. The van der Waals surface area contributed by atoms with Crippen molar-refractivity contribution in [3.8, 4) is 0 Å². The number of carbonyl (C=O) groups excluding carboxylic acids is 3. The maximum absolute atomic E-state index is 13.0. The van der Waals surface area contributed by atoms with Gasteiger partial charge in [0.15, 0.2) is 0 Å². The number of nitro groups is 1. The molecule has 0 unspecified atom stereocenters. The number of nitrogens with zero attached hydrogens (tertiary/aromatic N) is 2. The predicted octanol–water partition coefficient (Wildman–Crippen LogP) is 3.85. The number of rotatable bonds is 6. The Morgan fingerprint density at radius 2 is 1.93 bits per heavy atom. The number of thioether (sulfide) groups is 1. The minimum atomic E-state index is -0.669. The molecule has 2 aromatic carbocycles. The van der Waals surface area contributed by atoms with Gasteiger partial charge in [-0.05, 0) is 41.6 Å². The van der Waals surface area contributed by atoms with Gasteiger partial charge in [0.05, 0.1) is 20.4 Å². The highest BCUT2D eigenvalue weighted by atomic mass is 35.5. The summed E-state index contributed by atoms with van der Waals surface area (Å²) in [6.07, 6.45) is 1.48. The maximum Gasteiger partial charge on any atom is 0.293 e. The monoisotopic (exact) mass is 449 g/mol. The number of non-ortho nitro benzene ring substituents is 1. The van der Waals surface area contributed by atoms with E-state index in [4.69, 9.17) is 11.6 Å². The predicted molar refractivity (Wildman–Crippen MR) is 110 cm³/mol. The van der Waals surface area contributed by atoms with Crippen LogP contribution in [0.4, 0.5) is 14.9 Å². The normalized spacial score (nSPS) is 15.0. The lowest BCUT2D eigenvalue weighted by atomic mass is 10.2. The van der Waals surface area contributed by atoms with Crippen LogP contribution in [0.5, 0.6) is 0 Å². The van der Waals surface area contributed by atoms with Crippen LogP contribution in [0.2, 0.25) is 5.02 Å². The second-order valence-electron chi connectivity index (χ2n) is 6.06. The molecule has 11 heteroatoms. The molecule has 0 spiro atoms. The third kappa shape index (κ3) is 4.84. The molecule has 1 N–H and O–H groups in total. The van der Waals surface area contributed by atoms with Crippen molar-refractivity contribution in [3.05, 3.63) is 79.5 Å². The third-order valence-corrected chi connectivity index (χ3v) is 5.30. The smallest absolute Gasteiger partial charge is 0.293 e. The van der Waals surface area contributed by atoms with Crippen molar-refractivity contribution in [2.75, 3.05) is 13.1 Å². The van der Waals surface area contributed by atoms with Crippen LogP contribution in [0, 0.1) is 15.9 Å². The molecule has 30 heavy (non-hydrogen) atoms. The number of halogens is 2. The van der Waals surface area contributed by atoms with Crippen molar-refractivity contribution in [1.82, 2.24) is 10.2 Å². The molecule has 0 atom stereocenters. The zero-order valence-electron chi connectivity index (χ0n) is 15.1. The van der Waals surface area contributed by atoms with E-state index in [0.29, 0.717) is 5.56 Å². The summed E-state index contributed by atoms with van der Waals surface area (Å²) in [5.74, 6) is -1.62. The van der Waals surface area contributed by atoms with E-state index in [1.807, 2.05) is 0 Å².